The lowest BCUT2D eigenvalue weighted by Crippen LogP contribution is -2.17. The summed E-state index contributed by atoms with van der Waals surface area (Å²) in [6.45, 7) is 4.80. The van der Waals surface area contributed by atoms with E-state index in [1.807, 2.05) is 0 Å². The molecule has 0 saturated heterocycles. The first kappa shape index (κ1) is 28.3. The first-order valence-electron chi connectivity index (χ1n) is 16.8. The minimum Gasteiger partial charge on any atom is -0.310 e. The molecular weight excluding hydrogens is 579 g/mol. The van der Waals surface area contributed by atoms with Crippen LogP contribution >= 0.6 is 0 Å². The summed E-state index contributed by atoms with van der Waals surface area (Å²) in [5.41, 5.74) is 13.6. The normalized spacial score (nSPS) is 13.0. The van der Waals surface area contributed by atoms with Crippen LogP contribution in [0, 0.1) is 0 Å². The highest BCUT2D eigenvalue weighted by Crippen LogP contribution is 2.56. The molecule has 1 aliphatic rings. The second-order valence-electron chi connectivity index (χ2n) is 13.3. The van der Waals surface area contributed by atoms with Gasteiger partial charge in [-0.3, -0.25) is 0 Å². The molecule has 0 saturated carbocycles. The van der Waals surface area contributed by atoms with Crippen LogP contribution in [0.15, 0.2) is 176 Å². The van der Waals surface area contributed by atoms with Crippen LogP contribution in [0.4, 0.5) is 17.1 Å². The number of anilines is 3. The van der Waals surface area contributed by atoms with Crippen LogP contribution in [0.3, 0.4) is 0 Å². The second kappa shape index (κ2) is 11.1. The Balaban J connectivity index is 1.27. The zero-order valence-electron chi connectivity index (χ0n) is 27.2. The lowest BCUT2D eigenvalue weighted by molar-refractivity contribution is 0.666. The van der Waals surface area contributed by atoms with Crippen LogP contribution in [0.25, 0.3) is 54.9 Å². The van der Waals surface area contributed by atoms with E-state index in [2.05, 4.69) is 195 Å². The number of rotatable bonds is 5. The first-order valence-corrected chi connectivity index (χ1v) is 16.8. The summed E-state index contributed by atoms with van der Waals surface area (Å²) in [5.74, 6) is 0. The molecule has 1 heteroatoms. The zero-order valence-corrected chi connectivity index (χ0v) is 27.2. The van der Waals surface area contributed by atoms with Gasteiger partial charge in [-0.2, -0.15) is 0 Å². The van der Waals surface area contributed by atoms with Crippen molar-refractivity contribution < 1.29 is 0 Å². The lowest BCUT2D eigenvalue weighted by Gasteiger charge is -2.30. The van der Waals surface area contributed by atoms with Crippen LogP contribution in [0.1, 0.15) is 25.0 Å². The van der Waals surface area contributed by atoms with Gasteiger partial charge in [0.2, 0.25) is 0 Å². The SMILES string of the molecule is CC1(C)c2cc(N(c3ccc(-c4ccccc4)cc3)c3ccccc3-c3ccccc3)ccc2-c2c1c1ccccc1c1ccccc21. The lowest BCUT2D eigenvalue weighted by atomic mass is 9.79. The molecule has 0 fully saturated rings. The summed E-state index contributed by atoms with van der Waals surface area (Å²) < 4.78 is 0. The maximum Gasteiger partial charge on any atom is 0.0540 e. The van der Waals surface area contributed by atoms with Crippen LogP contribution < -0.4 is 4.90 Å². The zero-order chi connectivity index (χ0) is 32.2. The topological polar surface area (TPSA) is 3.24 Å². The van der Waals surface area contributed by atoms with Gasteiger partial charge in [-0.1, -0.05) is 159 Å². The number of para-hydroxylation sites is 1. The Bertz CT molecular complexity index is 2460. The van der Waals surface area contributed by atoms with E-state index in [-0.39, 0.29) is 5.41 Å². The van der Waals surface area contributed by atoms with Crippen molar-refractivity contribution in [1.82, 2.24) is 0 Å². The van der Waals surface area contributed by atoms with Gasteiger partial charge < -0.3 is 4.90 Å². The van der Waals surface area contributed by atoms with Crippen molar-refractivity contribution in [3.8, 4) is 33.4 Å². The molecule has 0 amide bonds. The van der Waals surface area contributed by atoms with Gasteiger partial charge in [-0.25, -0.2) is 0 Å². The molecule has 1 aliphatic carbocycles. The third kappa shape index (κ3) is 4.39. The Kier molecular flexibility index (Phi) is 6.55. The minimum atomic E-state index is -0.188. The Morgan fingerprint density at radius 3 is 1.62 bits per heavy atom. The van der Waals surface area contributed by atoms with E-state index < -0.39 is 0 Å². The van der Waals surface area contributed by atoms with Crippen molar-refractivity contribution in [3.05, 3.63) is 187 Å². The molecule has 0 aromatic heterocycles. The predicted octanol–water partition coefficient (Wildman–Crippen LogP) is 13.1. The van der Waals surface area contributed by atoms with Gasteiger partial charge in [0.05, 0.1) is 5.69 Å². The van der Waals surface area contributed by atoms with Gasteiger partial charge in [0, 0.05) is 22.4 Å². The molecule has 9 rings (SSSR count). The maximum atomic E-state index is 2.45. The van der Waals surface area contributed by atoms with E-state index in [1.165, 1.54) is 66.1 Å². The highest BCUT2D eigenvalue weighted by Gasteiger charge is 2.39. The van der Waals surface area contributed by atoms with E-state index in [9.17, 15) is 0 Å². The molecule has 228 valence electrons. The molecule has 1 nitrogen and oxygen atoms in total. The molecular formula is C47H35N. The Morgan fingerprint density at radius 2 is 0.917 bits per heavy atom. The first-order chi connectivity index (χ1) is 23.6. The van der Waals surface area contributed by atoms with Gasteiger partial charge >= 0.3 is 0 Å². The molecule has 8 aromatic rings. The summed E-state index contributed by atoms with van der Waals surface area (Å²) in [6.07, 6.45) is 0. The monoisotopic (exact) mass is 613 g/mol. The summed E-state index contributed by atoms with van der Waals surface area (Å²) in [7, 11) is 0. The molecule has 8 aromatic carbocycles. The Hall–Kier alpha value is -5.92. The quantitative estimate of drug-likeness (QED) is 0.175. The summed E-state index contributed by atoms with van der Waals surface area (Å²) in [5, 5.41) is 5.31. The highest BCUT2D eigenvalue weighted by molar-refractivity contribution is 6.18. The van der Waals surface area contributed by atoms with Crippen molar-refractivity contribution in [3.63, 3.8) is 0 Å². The van der Waals surface area contributed by atoms with E-state index >= 15 is 0 Å². The van der Waals surface area contributed by atoms with E-state index in [4.69, 9.17) is 0 Å². The van der Waals surface area contributed by atoms with Crippen LogP contribution in [-0.2, 0) is 5.41 Å². The van der Waals surface area contributed by atoms with Crippen LogP contribution in [0.5, 0.6) is 0 Å². The minimum absolute atomic E-state index is 0.188. The number of benzene rings is 8. The summed E-state index contributed by atoms with van der Waals surface area (Å²) in [6, 6.07) is 64.1. The van der Waals surface area contributed by atoms with Gasteiger partial charge in [-0.15, -0.1) is 0 Å². The molecule has 0 atom stereocenters. The third-order valence-corrected chi connectivity index (χ3v) is 10.2. The second-order valence-corrected chi connectivity index (χ2v) is 13.3. The predicted molar refractivity (Wildman–Crippen MR) is 205 cm³/mol. The van der Waals surface area contributed by atoms with Crippen LogP contribution in [0.2, 0.25) is 0 Å². The summed E-state index contributed by atoms with van der Waals surface area (Å²) in [4.78, 5) is 2.44. The van der Waals surface area contributed by atoms with Gasteiger partial charge in [0.1, 0.15) is 0 Å². The fourth-order valence-corrected chi connectivity index (χ4v) is 8.00. The van der Waals surface area contributed by atoms with Crippen molar-refractivity contribution in [2.24, 2.45) is 0 Å². The fraction of sp³-hybridized carbons (Fsp3) is 0.0638. The van der Waals surface area contributed by atoms with Gasteiger partial charge in [0.15, 0.2) is 0 Å². The van der Waals surface area contributed by atoms with Crippen molar-refractivity contribution >= 4 is 38.6 Å². The Labute approximate surface area is 282 Å². The molecule has 0 unspecified atom stereocenters. The van der Waals surface area contributed by atoms with Crippen LogP contribution in [-0.4, -0.2) is 0 Å². The number of hydrogen-bond acceptors (Lipinski definition) is 1. The molecule has 0 N–H and O–H groups in total. The molecule has 0 heterocycles. The number of hydrogen-bond donors (Lipinski definition) is 0. The van der Waals surface area contributed by atoms with Gasteiger partial charge in [0.25, 0.3) is 0 Å². The number of nitrogens with zero attached hydrogens (tertiary/aromatic N) is 1. The average molecular weight is 614 g/mol. The average Bonchev–Trinajstić information content (AvgIpc) is 3.39. The molecule has 0 bridgehead atoms. The molecule has 0 spiro atoms. The molecule has 0 radical (unpaired) electrons. The maximum absolute atomic E-state index is 2.45. The molecule has 48 heavy (non-hydrogen) atoms. The fourth-order valence-electron chi connectivity index (χ4n) is 8.00. The van der Waals surface area contributed by atoms with Crippen molar-refractivity contribution in [1.29, 1.82) is 0 Å². The van der Waals surface area contributed by atoms with E-state index in [1.54, 1.807) is 0 Å². The highest BCUT2D eigenvalue weighted by atomic mass is 15.1. The number of fused-ring (bicyclic) bond motifs is 8. The largest absolute Gasteiger partial charge is 0.310 e. The summed E-state index contributed by atoms with van der Waals surface area (Å²) >= 11 is 0. The third-order valence-electron chi connectivity index (χ3n) is 10.2. The van der Waals surface area contributed by atoms with Crippen molar-refractivity contribution in [2.75, 3.05) is 4.90 Å². The standard InChI is InChI=1S/C47H35N/c1-47(2)43-31-36(29-30-42(43)45-40-22-11-9-20-38(40)39-21-10-12-23-41(39)46(45)47)48(35-27-25-33(26-28-35)32-15-5-3-6-16-32)44-24-14-13-19-37(44)34-17-7-4-8-18-34/h3-31H,1-2H3. The smallest absolute Gasteiger partial charge is 0.0540 e. The molecule has 0 aliphatic heterocycles. The van der Waals surface area contributed by atoms with E-state index in [0.29, 0.717) is 0 Å². The Morgan fingerprint density at radius 1 is 0.396 bits per heavy atom. The van der Waals surface area contributed by atoms with E-state index in [0.717, 1.165) is 17.1 Å². The van der Waals surface area contributed by atoms with Gasteiger partial charge in [-0.05, 0) is 90.8 Å². The van der Waals surface area contributed by atoms with Crippen molar-refractivity contribution in [2.45, 2.75) is 19.3 Å².